The molecule has 0 aliphatic rings. The Kier molecular flexibility index (Phi) is 3.27. The van der Waals surface area contributed by atoms with Crippen LogP contribution < -0.4 is 4.74 Å². The molecule has 2 N–H and O–H groups in total. The van der Waals surface area contributed by atoms with Gasteiger partial charge >= 0.3 is 5.97 Å². The number of nitrogens with zero attached hydrogens (tertiary/aromatic N) is 1. The Morgan fingerprint density at radius 3 is 3.00 bits per heavy atom. The monoisotopic (exact) mass is 250 g/mol. The number of hydrogen-bond donors (Lipinski definition) is 2. The van der Waals surface area contributed by atoms with Crippen LogP contribution in [0.4, 0.5) is 4.39 Å². The van der Waals surface area contributed by atoms with Crippen molar-refractivity contribution in [3.05, 3.63) is 36.0 Å². The lowest BCUT2D eigenvalue weighted by Crippen LogP contribution is -2.02. The van der Waals surface area contributed by atoms with Gasteiger partial charge in [0, 0.05) is 5.56 Å². The molecule has 6 heteroatoms. The number of benzene rings is 1. The fourth-order valence-electron chi connectivity index (χ4n) is 1.70. The molecule has 0 unspecified atom stereocenters. The summed E-state index contributed by atoms with van der Waals surface area (Å²) in [6, 6.07) is 4.01. The molecule has 2 rings (SSSR count). The maximum absolute atomic E-state index is 13.3. The first-order valence-electron chi connectivity index (χ1n) is 5.19. The molecule has 1 aromatic carbocycles. The quantitative estimate of drug-likeness (QED) is 0.868. The molecule has 0 spiro atoms. The Bertz CT molecular complexity index is 580. The lowest BCUT2D eigenvalue weighted by molar-refractivity contribution is -0.136. The predicted molar refractivity (Wildman–Crippen MR) is 61.9 cm³/mol. The lowest BCUT2D eigenvalue weighted by atomic mass is 10.1. The molecule has 94 valence electrons. The first-order valence-corrected chi connectivity index (χ1v) is 5.19. The normalized spacial score (nSPS) is 10.3. The van der Waals surface area contributed by atoms with Crippen LogP contribution in [0.1, 0.15) is 5.69 Å². The standard InChI is InChI=1S/C12H11FN2O3/c1-18-10-3-2-7(13)4-8(10)12-9(5-11(16)17)14-6-15-12/h2-4,6H,5H2,1H3,(H,14,15)(H,16,17). The van der Waals surface area contributed by atoms with Crippen molar-refractivity contribution < 1.29 is 19.0 Å². The maximum atomic E-state index is 13.3. The number of carboxylic acids is 1. The maximum Gasteiger partial charge on any atom is 0.309 e. The van der Waals surface area contributed by atoms with Crippen molar-refractivity contribution in [3.8, 4) is 17.0 Å². The second-order valence-electron chi connectivity index (χ2n) is 3.64. The van der Waals surface area contributed by atoms with E-state index in [9.17, 15) is 9.18 Å². The molecule has 0 aliphatic heterocycles. The number of carbonyl (C=O) groups is 1. The van der Waals surface area contributed by atoms with E-state index in [1.807, 2.05) is 0 Å². The molecule has 0 saturated carbocycles. The summed E-state index contributed by atoms with van der Waals surface area (Å²) in [7, 11) is 1.46. The zero-order chi connectivity index (χ0) is 13.1. The molecule has 0 aliphatic carbocycles. The Balaban J connectivity index is 2.51. The molecule has 0 bridgehead atoms. The van der Waals surface area contributed by atoms with Gasteiger partial charge in [-0.3, -0.25) is 4.79 Å². The summed E-state index contributed by atoms with van der Waals surface area (Å²) in [5, 5.41) is 8.78. The van der Waals surface area contributed by atoms with Crippen molar-refractivity contribution in [3.63, 3.8) is 0 Å². The number of ether oxygens (including phenoxy) is 1. The van der Waals surface area contributed by atoms with Gasteiger partial charge in [0.15, 0.2) is 0 Å². The van der Waals surface area contributed by atoms with Crippen molar-refractivity contribution in [2.75, 3.05) is 7.11 Å². The summed E-state index contributed by atoms with van der Waals surface area (Å²) in [5.41, 5.74) is 1.22. The van der Waals surface area contributed by atoms with Crippen LogP contribution >= 0.6 is 0 Å². The van der Waals surface area contributed by atoms with Crippen molar-refractivity contribution >= 4 is 5.97 Å². The zero-order valence-corrected chi connectivity index (χ0v) is 9.61. The summed E-state index contributed by atoms with van der Waals surface area (Å²) >= 11 is 0. The Morgan fingerprint density at radius 2 is 2.33 bits per heavy atom. The van der Waals surface area contributed by atoms with Crippen molar-refractivity contribution in [1.29, 1.82) is 0 Å². The first-order chi connectivity index (χ1) is 8.61. The van der Waals surface area contributed by atoms with E-state index in [0.29, 0.717) is 22.7 Å². The molecular weight excluding hydrogens is 239 g/mol. The molecular formula is C12H11FN2O3. The van der Waals surface area contributed by atoms with Gasteiger partial charge in [-0.25, -0.2) is 9.37 Å². The lowest BCUT2D eigenvalue weighted by Gasteiger charge is -2.07. The van der Waals surface area contributed by atoms with Gasteiger partial charge in [-0.2, -0.15) is 0 Å². The van der Waals surface area contributed by atoms with Crippen molar-refractivity contribution in [2.24, 2.45) is 0 Å². The summed E-state index contributed by atoms with van der Waals surface area (Å²) < 4.78 is 18.4. The number of methoxy groups -OCH3 is 1. The Hall–Kier alpha value is -2.37. The highest BCUT2D eigenvalue weighted by Crippen LogP contribution is 2.31. The van der Waals surface area contributed by atoms with Crippen LogP contribution in [-0.4, -0.2) is 28.2 Å². The average Bonchev–Trinajstić information content (AvgIpc) is 2.76. The van der Waals surface area contributed by atoms with E-state index in [2.05, 4.69) is 9.97 Å². The van der Waals surface area contributed by atoms with Gasteiger partial charge < -0.3 is 14.8 Å². The topological polar surface area (TPSA) is 75.2 Å². The zero-order valence-electron chi connectivity index (χ0n) is 9.61. The van der Waals surface area contributed by atoms with E-state index < -0.39 is 11.8 Å². The van der Waals surface area contributed by atoms with Gasteiger partial charge in [-0.1, -0.05) is 0 Å². The minimum atomic E-state index is -0.990. The van der Waals surface area contributed by atoms with E-state index in [-0.39, 0.29) is 6.42 Å². The van der Waals surface area contributed by atoms with E-state index in [4.69, 9.17) is 9.84 Å². The number of carboxylic acid groups (broad SMARTS) is 1. The van der Waals surface area contributed by atoms with E-state index in [1.54, 1.807) is 0 Å². The van der Waals surface area contributed by atoms with E-state index >= 15 is 0 Å². The van der Waals surface area contributed by atoms with Crippen LogP contribution in [0.3, 0.4) is 0 Å². The van der Waals surface area contributed by atoms with Crippen LogP contribution in [0.25, 0.3) is 11.3 Å². The van der Waals surface area contributed by atoms with Gasteiger partial charge in [0.05, 0.1) is 31.2 Å². The highest BCUT2D eigenvalue weighted by molar-refractivity contribution is 5.76. The number of halogens is 1. The molecule has 18 heavy (non-hydrogen) atoms. The summed E-state index contributed by atoms with van der Waals surface area (Å²) in [5.74, 6) is -0.985. The predicted octanol–water partition coefficient (Wildman–Crippen LogP) is 1.85. The van der Waals surface area contributed by atoms with Gasteiger partial charge in [0.25, 0.3) is 0 Å². The molecule has 0 atom stereocenters. The second kappa shape index (κ2) is 4.87. The number of H-pyrrole nitrogens is 1. The van der Waals surface area contributed by atoms with Gasteiger partial charge in [-0.05, 0) is 18.2 Å². The second-order valence-corrected chi connectivity index (χ2v) is 3.64. The van der Waals surface area contributed by atoms with E-state index in [1.165, 1.54) is 31.6 Å². The van der Waals surface area contributed by atoms with Gasteiger partial charge in [0.2, 0.25) is 0 Å². The SMILES string of the molecule is COc1ccc(F)cc1-c1nc[nH]c1CC(=O)O. The summed E-state index contributed by atoms with van der Waals surface area (Å²) in [6.07, 6.45) is 1.16. The third kappa shape index (κ3) is 2.32. The molecule has 0 saturated heterocycles. The molecule has 0 amide bonds. The number of aromatic nitrogens is 2. The van der Waals surface area contributed by atoms with Gasteiger partial charge in [-0.15, -0.1) is 0 Å². The largest absolute Gasteiger partial charge is 0.496 e. The van der Waals surface area contributed by atoms with Crippen LogP contribution in [0, 0.1) is 5.82 Å². The first kappa shape index (κ1) is 12.1. The molecule has 1 aromatic heterocycles. The number of aromatic amines is 1. The average molecular weight is 250 g/mol. The fourth-order valence-corrected chi connectivity index (χ4v) is 1.70. The minimum absolute atomic E-state index is 0.213. The van der Waals surface area contributed by atoms with Crippen molar-refractivity contribution in [1.82, 2.24) is 9.97 Å². The third-order valence-corrected chi connectivity index (χ3v) is 2.46. The van der Waals surface area contributed by atoms with Crippen LogP contribution in [-0.2, 0) is 11.2 Å². The molecule has 5 nitrogen and oxygen atoms in total. The van der Waals surface area contributed by atoms with Crippen LogP contribution in [0.5, 0.6) is 5.75 Å². The number of aliphatic carboxylic acids is 1. The van der Waals surface area contributed by atoms with E-state index in [0.717, 1.165) is 0 Å². The molecule has 2 aromatic rings. The Morgan fingerprint density at radius 1 is 1.56 bits per heavy atom. The highest BCUT2D eigenvalue weighted by atomic mass is 19.1. The van der Waals surface area contributed by atoms with Gasteiger partial charge in [0.1, 0.15) is 11.6 Å². The fraction of sp³-hybridized carbons (Fsp3) is 0.167. The highest BCUT2D eigenvalue weighted by Gasteiger charge is 2.16. The molecule has 0 radical (unpaired) electrons. The third-order valence-electron chi connectivity index (χ3n) is 2.46. The number of rotatable bonds is 4. The van der Waals surface area contributed by atoms with Crippen LogP contribution in [0.2, 0.25) is 0 Å². The number of imidazole rings is 1. The summed E-state index contributed by atoms with van der Waals surface area (Å²) in [4.78, 5) is 17.5. The smallest absolute Gasteiger partial charge is 0.309 e. The number of hydrogen-bond acceptors (Lipinski definition) is 3. The summed E-state index contributed by atoms with van der Waals surface area (Å²) in [6.45, 7) is 0. The molecule has 0 fully saturated rings. The number of nitrogens with one attached hydrogen (secondary N) is 1. The minimum Gasteiger partial charge on any atom is -0.496 e. The van der Waals surface area contributed by atoms with Crippen molar-refractivity contribution in [2.45, 2.75) is 6.42 Å². The molecule has 1 heterocycles. The van der Waals surface area contributed by atoms with Crippen LogP contribution in [0.15, 0.2) is 24.5 Å². The Labute approximate surface area is 102 Å².